The van der Waals surface area contributed by atoms with Gasteiger partial charge < -0.3 is 20.1 Å². The highest BCUT2D eigenvalue weighted by molar-refractivity contribution is 5.90. The minimum absolute atomic E-state index is 0.0933. The van der Waals surface area contributed by atoms with Gasteiger partial charge in [-0.15, -0.1) is 0 Å². The van der Waals surface area contributed by atoms with Gasteiger partial charge in [-0.05, 0) is 6.42 Å². The van der Waals surface area contributed by atoms with Gasteiger partial charge >= 0.3 is 0 Å². The Labute approximate surface area is 94.6 Å². The van der Waals surface area contributed by atoms with Crippen molar-refractivity contribution in [2.75, 3.05) is 27.3 Å². The molecule has 6 heteroatoms. The van der Waals surface area contributed by atoms with Crippen molar-refractivity contribution in [3.8, 4) is 0 Å². The summed E-state index contributed by atoms with van der Waals surface area (Å²) in [5, 5.41) is 12.1. The monoisotopic (exact) mass is 230 g/mol. The lowest BCUT2D eigenvalue weighted by Gasteiger charge is -2.23. The summed E-state index contributed by atoms with van der Waals surface area (Å²) in [7, 11) is 3.09. The standard InChI is InChI=1S/C10H18N2O4/c1-12(5-7(13)6-16-2)10(15)8-3-4-9(14)11-8/h7-8,13H,3-6H2,1-2H3,(H,11,14)/t7?,8-/m0/s1. The van der Waals surface area contributed by atoms with Crippen LogP contribution in [0.5, 0.6) is 0 Å². The largest absolute Gasteiger partial charge is 0.389 e. The number of aliphatic hydroxyl groups excluding tert-OH is 1. The lowest BCUT2D eigenvalue weighted by molar-refractivity contribution is -0.134. The first-order valence-corrected chi connectivity index (χ1v) is 5.26. The van der Waals surface area contributed by atoms with Crippen molar-refractivity contribution >= 4 is 11.8 Å². The summed E-state index contributed by atoms with van der Waals surface area (Å²) in [6.45, 7) is 0.397. The van der Waals surface area contributed by atoms with Gasteiger partial charge in [0, 0.05) is 27.1 Å². The molecule has 1 unspecified atom stereocenters. The fourth-order valence-electron chi connectivity index (χ4n) is 1.72. The Bertz CT molecular complexity index is 270. The van der Waals surface area contributed by atoms with Gasteiger partial charge in [0.2, 0.25) is 11.8 Å². The van der Waals surface area contributed by atoms with E-state index in [9.17, 15) is 14.7 Å². The number of rotatable bonds is 5. The Hall–Kier alpha value is -1.14. The summed E-state index contributed by atoms with van der Waals surface area (Å²) >= 11 is 0. The first kappa shape index (κ1) is 12.9. The molecule has 6 nitrogen and oxygen atoms in total. The van der Waals surface area contributed by atoms with Crippen LogP contribution in [0, 0.1) is 0 Å². The van der Waals surface area contributed by atoms with Crippen molar-refractivity contribution in [3.05, 3.63) is 0 Å². The van der Waals surface area contributed by atoms with Crippen LogP contribution >= 0.6 is 0 Å². The smallest absolute Gasteiger partial charge is 0.244 e. The number of aliphatic hydroxyl groups is 1. The number of likely N-dealkylation sites (N-methyl/N-ethyl adjacent to an activating group) is 1. The number of ether oxygens (including phenoxy) is 1. The Morgan fingerprint density at radius 2 is 2.44 bits per heavy atom. The second-order valence-electron chi connectivity index (χ2n) is 3.99. The zero-order valence-corrected chi connectivity index (χ0v) is 9.60. The van der Waals surface area contributed by atoms with Crippen LogP contribution in [-0.2, 0) is 14.3 Å². The van der Waals surface area contributed by atoms with Gasteiger partial charge in [0.15, 0.2) is 0 Å². The van der Waals surface area contributed by atoms with Crippen molar-refractivity contribution in [2.45, 2.75) is 25.0 Å². The van der Waals surface area contributed by atoms with E-state index in [0.29, 0.717) is 12.8 Å². The summed E-state index contributed by atoms with van der Waals surface area (Å²) in [5.74, 6) is -0.259. The minimum atomic E-state index is -0.698. The first-order chi connectivity index (χ1) is 7.54. The SMILES string of the molecule is COCC(O)CN(C)C(=O)[C@@H]1CCC(=O)N1. The molecule has 92 valence electrons. The van der Waals surface area contributed by atoms with E-state index in [1.165, 1.54) is 12.0 Å². The Kier molecular flexibility index (Phi) is 4.70. The second-order valence-corrected chi connectivity index (χ2v) is 3.99. The molecule has 16 heavy (non-hydrogen) atoms. The first-order valence-electron chi connectivity index (χ1n) is 5.26. The van der Waals surface area contributed by atoms with E-state index < -0.39 is 12.1 Å². The topological polar surface area (TPSA) is 78.9 Å². The predicted molar refractivity (Wildman–Crippen MR) is 56.7 cm³/mol. The molecule has 1 aliphatic rings. The van der Waals surface area contributed by atoms with Crippen LogP contribution < -0.4 is 5.32 Å². The van der Waals surface area contributed by atoms with Gasteiger partial charge in [0.1, 0.15) is 6.04 Å². The lowest BCUT2D eigenvalue weighted by Crippen LogP contribution is -2.45. The molecule has 2 atom stereocenters. The van der Waals surface area contributed by atoms with Gasteiger partial charge in [-0.2, -0.15) is 0 Å². The van der Waals surface area contributed by atoms with E-state index >= 15 is 0 Å². The normalized spacial score (nSPS) is 21.7. The fraction of sp³-hybridized carbons (Fsp3) is 0.800. The van der Waals surface area contributed by atoms with Crippen LogP contribution in [0.3, 0.4) is 0 Å². The number of amides is 2. The maximum absolute atomic E-state index is 11.8. The summed E-state index contributed by atoms with van der Waals surface area (Å²) in [4.78, 5) is 24.2. The van der Waals surface area contributed by atoms with E-state index in [1.54, 1.807) is 7.05 Å². The zero-order chi connectivity index (χ0) is 12.1. The summed E-state index contributed by atoms with van der Waals surface area (Å²) in [6, 6.07) is -0.438. The number of methoxy groups -OCH3 is 1. The molecular formula is C10H18N2O4. The molecule has 1 saturated heterocycles. The minimum Gasteiger partial charge on any atom is -0.389 e. The molecule has 0 spiro atoms. The van der Waals surface area contributed by atoms with Gasteiger partial charge in [-0.3, -0.25) is 9.59 Å². The van der Waals surface area contributed by atoms with Crippen LogP contribution in [0.15, 0.2) is 0 Å². The summed E-state index contributed by atoms with van der Waals surface area (Å²) < 4.78 is 4.77. The molecule has 1 heterocycles. The van der Waals surface area contributed by atoms with E-state index in [1.807, 2.05) is 0 Å². The molecule has 1 rings (SSSR count). The number of nitrogens with zero attached hydrogens (tertiary/aromatic N) is 1. The summed E-state index contributed by atoms with van der Waals surface area (Å²) in [5.41, 5.74) is 0. The van der Waals surface area contributed by atoms with Crippen LogP contribution in [0.25, 0.3) is 0 Å². The quantitative estimate of drug-likeness (QED) is 0.617. The highest BCUT2D eigenvalue weighted by atomic mass is 16.5. The summed E-state index contributed by atoms with van der Waals surface area (Å²) in [6.07, 6.45) is 0.226. The third-order valence-corrected chi connectivity index (χ3v) is 2.51. The molecule has 0 aromatic carbocycles. The molecule has 0 saturated carbocycles. The van der Waals surface area contributed by atoms with Crippen LogP contribution in [-0.4, -0.2) is 61.3 Å². The number of hydrogen-bond donors (Lipinski definition) is 2. The number of carbonyl (C=O) groups is 2. The molecule has 1 aliphatic heterocycles. The van der Waals surface area contributed by atoms with Crippen molar-refractivity contribution < 1.29 is 19.4 Å². The van der Waals surface area contributed by atoms with Crippen molar-refractivity contribution in [1.29, 1.82) is 0 Å². The van der Waals surface area contributed by atoms with E-state index in [0.717, 1.165) is 0 Å². The Morgan fingerprint density at radius 3 is 2.94 bits per heavy atom. The highest BCUT2D eigenvalue weighted by Gasteiger charge is 2.29. The van der Waals surface area contributed by atoms with Crippen LogP contribution in [0.1, 0.15) is 12.8 Å². The van der Waals surface area contributed by atoms with Crippen molar-refractivity contribution in [2.24, 2.45) is 0 Å². The molecule has 0 aromatic rings. The van der Waals surface area contributed by atoms with Crippen molar-refractivity contribution in [1.82, 2.24) is 10.2 Å². The average molecular weight is 230 g/mol. The molecule has 0 bridgehead atoms. The molecule has 0 aliphatic carbocycles. The lowest BCUT2D eigenvalue weighted by atomic mass is 10.2. The molecular weight excluding hydrogens is 212 g/mol. The van der Waals surface area contributed by atoms with Crippen molar-refractivity contribution in [3.63, 3.8) is 0 Å². The van der Waals surface area contributed by atoms with Crippen LogP contribution in [0.2, 0.25) is 0 Å². The number of nitrogens with one attached hydrogen (secondary N) is 1. The van der Waals surface area contributed by atoms with Gasteiger partial charge in [-0.1, -0.05) is 0 Å². The zero-order valence-electron chi connectivity index (χ0n) is 9.60. The van der Waals surface area contributed by atoms with Gasteiger partial charge in [-0.25, -0.2) is 0 Å². The average Bonchev–Trinajstić information content (AvgIpc) is 2.64. The fourth-order valence-corrected chi connectivity index (χ4v) is 1.72. The van der Waals surface area contributed by atoms with E-state index in [-0.39, 0.29) is 25.0 Å². The van der Waals surface area contributed by atoms with Crippen LogP contribution in [0.4, 0.5) is 0 Å². The van der Waals surface area contributed by atoms with Gasteiger partial charge in [0.05, 0.1) is 12.7 Å². The Morgan fingerprint density at radius 1 is 1.75 bits per heavy atom. The maximum atomic E-state index is 11.8. The van der Waals surface area contributed by atoms with E-state index in [2.05, 4.69) is 5.32 Å². The third-order valence-electron chi connectivity index (χ3n) is 2.51. The third kappa shape index (κ3) is 3.46. The van der Waals surface area contributed by atoms with E-state index in [4.69, 9.17) is 4.74 Å². The maximum Gasteiger partial charge on any atom is 0.244 e. The molecule has 2 amide bonds. The molecule has 0 aromatic heterocycles. The second kappa shape index (κ2) is 5.81. The molecule has 1 fully saturated rings. The van der Waals surface area contributed by atoms with Gasteiger partial charge in [0.25, 0.3) is 0 Å². The predicted octanol–water partition coefficient (Wildman–Crippen LogP) is -1.27. The number of carbonyl (C=O) groups excluding carboxylic acids is 2. The Balaban J connectivity index is 2.38. The molecule has 2 N–H and O–H groups in total. The molecule has 0 radical (unpaired) electrons. The highest BCUT2D eigenvalue weighted by Crippen LogP contribution is 2.09. The number of hydrogen-bond acceptors (Lipinski definition) is 4.